The Bertz CT molecular complexity index is 207. The minimum atomic E-state index is -0.168. The topological polar surface area (TPSA) is 61.5 Å². The third-order valence-electron chi connectivity index (χ3n) is 2.57. The predicted octanol–water partition coefficient (Wildman–Crippen LogP) is 2.11. The third-order valence-corrected chi connectivity index (χ3v) is 2.57. The molecule has 0 rings (SSSR count). The number of esters is 1. The second-order valence-corrected chi connectivity index (χ2v) is 4.72. The summed E-state index contributed by atoms with van der Waals surface area (Å²) >= 11 is 0. The third kappa shape index (κ3) is 9.12. The molecule has 0 heterocycles. The molecule has 0 spiro atoms. The predicted molar refractivity (Wildman–Crippen MR) is 68.7 cm³/mol. The van der Waals surface area contributed by atoms with Crippen LogP contribution in [0.5, 0.6) is 0 Å². The fraction of sp³-hybridized carbons (Fsp3) is 0.923. The lowest BCUT2D eigenvalue weighted by Crippen LogP contribution is -2.24. The van der Waals surface area contributed by atoms with E-state index in [4.69, 9.17) is 15.2 Å². The van der Waals surface area contributed by atoms with Crippen molar-refractivity contribution in [3.05, 3.63) is 0 Å². The van der Waals surface area contributed by atoms with E-state index in [-0.39, 0.29) is 24.0 Å². The van der Waals surface area contributed by atoms with Crippen molar-refractivity contribution in [3.63, 3.8) is 0 Å². The quantitative estimate of drug-likeness (QED) is 0.632. The highest BCUT2D eigenvalue weighted by molar-refractivity contribution is 5.72. The van der Waals surface area contributed by atoms with E-state index in [0.29, 0.717) is 13.2 Å². The summed E-state index contributed by atoms with van der Waals surface area (Å²) in [5.41, 5.74) is 5.66. The monoisotopic (exact) mass is 245 g/mol. The first kappa shape index (κ1) is 16.4. The van der Waals surface area contributed by atoms with Crippen molar-refractivity contribution < 1.29 is 14.3 Å². The van der Waals surface area contributed by atoms with Crippen LogP contribution < -0.4 is 5.73 Å². The van der Waals surface area contributed by atoms with Crippen molar-refractivity contribution >= 4 is 5.97 Å². The normalized spacial score (nSPS) is 16.3. The molecule has 0 aliphatic rings. The average molecular weight is 245 g/mol. The number of hydrogen-bond donors (Lipinski definition) is 1. The fourth-order valence-corrected chi connectivity index (χ4v) is 1.50. The van der Waals surface area contributed by atoms with Crippen molar-refractivity contribution in [1.82, 2.24) is 0 Å². The number of nitrogens with two attached hydrogens (primary N) is 1. The van der Waals surface area contributed by atoms with Crippen LogP contribution in [0.2, 0.25) is 0 Å². The summed E-state index contributed by atoms with van der Waals surface area (Å²) in [6.45, 7) is 8.76. The maximum Gasteiger partial charge on any atom is 0.308 e. The van der Waals surface area contributed by atoms with E-state index in [0.717, 1.165) is 19.3 Å². The SMILES string of the molecule is CCOCC(C)OC(=O)C(C)CCCC(C)N. The summed E-state index contributed by atoms with van der Waals surface area (Å²) in [4.78, 5) is 11.7. The van der Waals surface area contributed by atoms with Crippen LogP contribution in [0.3, 0.4) is 0 Å². The molecule has 4 heteroatoms. The largest absolute Gasteiger partial charge is 0.460 e. The molecule has 0 bridgehead atoms. The molecule has 4 nitrogen and oxygen atoms in total. The molecule has 0 aliphatic carbocycles. The van der Waals surface area contributed by atoms with Crippen LogP contribution in [0.1, 0.15) is 47.0 Å². The number of rotatable bonds is 9. The Kier molecular flexibility index (Phi) is 9.09. The molecule has 0 amide bonds. The minimum Gasteiger partial charge on any atom is -0.460 e. The summed E-state index contributed by atoms with van der Waals surface area (Å²) < 4.78 is 10.5. The van der Waals surface area contributed by atoms with Gasteiger partial charge in [-0.15, -0.1) is 0 Å². The summed E-state index contributed by atoms with van der Waals surface area (Å²) in [5.74, 6) is -0.195. The molecule has 0 aromatic heterocycles. The molecule has 0 aliphatic heterocycles. The molecule has 0 saturated carbocycles. The van der Waals surface area contributed by atoms with Gasteiger partial charge in [0.25, 0.3) is 0 Å². The molecule has 2 N–H and O–H groups in total. The van der Waals surface area contributed by atoms with Gasteiger partial charge in [0, 0.05) is 12.6 Å². The first-order valence-corrected chi connectivity index (χ1v) is 6.51. The highest BCUT2D eigenvalue weighted by Gasteiger charge is 2.17. The van der Waals surface area contributed by atoms with Gasteiger partial charge in [-0.3, -0.25) is 4.79 Å². The number of hydrogen-bond acceptors (Lipinski definition) is 4. The van der Waals surface area contributed by atoms with E-state index < -0.39 is 0 Å². The van der Waals surface area contributed by atoms with Crippen LogP contribution in [0, 0.1) is 5.92 Å². The lowest BCUT2D eigenvalue weighted by atomic mass is 10.0. The van der Waals surface area contributed by atoms with Crippen LogP contribution in [0.4, 0.5) is 0 Å². The fourth-order valence-electron chi connectivity index (χ4n) is 1.50. The number of carbonyl (C=O) groups is 1. The van der Waals surface area contributed by atoms with Crippen LogP contribution >= 0.6 is 0 Å². The maximum absolute atomic E-state index is 11.7. The van der Waals surface area contributed by atoms with E-state index in [1.165, 1.54) is 0 Å². The summed E-state index contributed by atoms with van der Waals surface area (Å²) in [6, 6.07) is 0.204. The van der Waals surface area contributed by atoms with Gasteiger partial charge in [0.1, 0.15) is 6.10 Å². The lowest BCUT2D eigenvalue weighted by molar-refractivity contribution is -0.155. The van der Waals surface area contributed by atoms with Gasteiger partial charge in [-0.2, -0.15) is 0 Å². The molecular weight excluding hydrogens is 218 g/mol. The van der Waals surface area contributed by atoms with E-state index in [1.54, 1.807) is 0 Å². The highest BCUT2D eigenvalue weighted by Crippen LogP contribution is 2.12. The molecule has 0 aromatic carbocycles. The van der Waals surface area contributed by atoms with E-state index in [9.17, 15) is 4.79 Å². The lowest BCUT2D eigenvalue weighted by Gasteiger charge is -2.17. The van der Waals surface area contributed by atoms with Crippen LogP contribution in [0.25, 0.3) is 0 Å². The number of ether oxygens (including phenoxy) is 2. The smallest absolute Gasteiger partial charge is 0.308 e. The molecule has 0 saturated heterocycles. The van der Waals surface area contributed by atoms with Crippen LogP contribution in [-0.2, 0) is 14.3 Å². The Labute approximate surface area is 105 Å². The van der Waals surface area contributed by atoms with Gasteiger partial charge >= 0.3 is 5.97 Å². The zero-order valence-electron chi connectivity index (χ0n) is 11.6. The average Bonchev–Trinajstić information content (AvgIpc) is 2.25. The molecule has 102 valence electrons. The van der Waals surface area contributed by atoms with Gasteiger partial charge in [-0.25, -0.2) is 0 Å². The van der Waals surface area contributed by atoms with Gasteiger partial charge in [0.2, 0.25) is 0 Å². The Morgan fingerprint density at radius 2 is 1.88 bits per heavy atom. The Morgan fingerprint density at radius 1 is 1.24 bits per heavy atom. The van der Waals surface area contributed by atoms with E-state index >= 15 is 0 Å². The molecule has 0 fully saturated rings. The van der Waals surface area contributed by atoms with Gasteiger partial charge in [-0.1, -0.05) is 13.3 Å². The number of carbonyl (C=O) groups excluding carboxylic acids is 1. The molecule has 3 atom stereocenters. The molecule has 17 heavy (non-hydrogen) atoms. The Morgan fingerprint density at radius 3 is 2.41 bits per heavy atom. The molecule has 3 unspecified atom stereocenters. The highest BCUT2D eigenvalue weighted by atomic mass is 16.6. The van der Waals surface area contributed by atoms with Crippen molar-refractivity contribution in [2.45, 2.75) is 59.1 Å². The standard InChI is InChI=1S/C13H27NO3/c1-5-16-9-12(4)17-13(15)10(2)7-6-8-11(3)14/h10-12H,5-9,14H2,1-4H3. The van der Waals surface area contributed by atoms with E-state index in [2.05, 4.69) is 0 Å². The summed E-state index contributed by atoms with van der Waals surface area (Å²) in [5, 5.41) is 0. The van der Waals surface area contributed by atoms with Gasteiger partial charge in [-0.05, 0) is 33.6 Å². The first-order chi connectivity index (χ1) is 7.97. The van der Waals surface area contributed by atoms with Gasteiger partial charge in [0.05, 0.1) is 12.5 Å². The summed E-state index contributed by atoms with van der Waals surface area (Å²) in [7, 11) is 0. The maximum atomic E-state index is 11.7. The van der Waals surface area contributed by atoms with Crippen LogP contribution in [-0.4, -0.2) is 31.3 Å². The zero-order chi connectivity index (χ0) is 13.3. The summed E-state index contributed by atoms with van der Waals surface area (Å²) in [6.07, 6.45) is 2.58. The Hall–Kier alpha value is -0.610. The van der Waals surface area contributed by atoms with Crippen molar-refractivity contribution in [2.24, 2.45) is 11.7 Å². The molecule has 0 radical (unpaired) electrons. The van der Waals surface area contributed by atoms with Gasteiger partial charge in [0.15, 0.2) is 0 Å². The van der Waals surface area contributed by atoms with E-state index in [1.807, 2.05) is 27.7 Å². The van der Waals surface area contributed by atoms with Crippen molar-refractivity contribution in [1.29, 1.82) is 0 Å². The van der Waals surface area contributed by atoms with Gasteiger partial charge < -0.3 is 15.2 Å². The Balaban J connectivity index is 3.73. The van der Waals surface area contributed by atoms with Crippen molar-refractivity contribution in [3.8, 4) is 0 Å². The van der Waals surface area contributed by atoms with Crippen LogP contribution in [0.15, 0.2) is 0 Å². The zero-order valence-corrected chi connectivity index (χ0v) is 11.6. The molecular formula is C13H27NO3. The molecule has 0 aromatic rings. The minimum absolute atomic E-state index is 0.0576. The second-order valence-electron chi connectivity index (χ2n) is 4.72. The second kappa shape index (κ2) is 9.42. The van der Waals surface area contributed by atoms with Crippen molar-refractivity contribution in [2.75, 3.05) is 13.2 Å². The first-order valence-electron chi connectivity index (χ1n) is 6.51.